The number of allylic oxidation sites excluding steroid dienone is 2. The van der Waals surface area contributed by atoms with E-state index in [9.17, 15) is 0 Å². The summed E-state index contributed by atoms with van der Waals surface area (Å²) < 4.78 is 0. The fourth-order valence-corrected chi connectivity index (χ4v) is 1.89. The Morgan fingerprint density at radius 3 is 3.12 bits per heavy atom. The van der Waals surface area contributed by atoms with Crippen LogP contribution in [-0.4, -0.2) is 18.8 Å². The monoisotopic (exact) mass is 212 g/mol. The van der Waals surface area contributed by atoms with Crippen molar-refractivity contribution in [1.82, 2.24) is 10.3 Å². The van der Waals surface area contributed by atoms with Crippen molar-refractivity contribution in [3.63, 3.8) is 0 Å². The van der Waals surface area contributed by atoms with Gasteiger partial charge in [-0.25, -0.2) is 0 Å². The van der Waals surface area contributed by atoms with Crippen LogP contribution in [0.2, 0.25) is 6.82 Å². The number of pyridine rings is 1. The first-order chi connectivity index (χ1) is 7.79. The Labute approximate surface area is 97.7 Å². The van der Waals surface area contributed by atoms with Crippen molar-refractivity contribution in [1.29, 1.82) is 0 Å². The Hall–Kier alpha value is -1.51. The summed E-state index contributed by atoms with van der Waals surface area (Å²) in [6.07, 6.45) is 7.36. The molecule has 0 saturated carbocycles. The minimum Gasteiger partial charge on any atom is -0.380 e. The van der Waals surface area contributed by atoms with E-state index < -0.39 is 0 Å². The van der Waals surface area contributed by atoms with Gasteiger partial charge in [0.15, 0.2) is 0 Å². The molecular weight excluding hydrogens is 195 g/mol. The second-order valence-electron chi connectivity index (χ2n) is 4.19. The molecule has 2 nitrogen and oxygen atoms in total. The maximum atomic E-state index is 4.42. The van der Waals surface area contributed by atoms with Gasteiger partial charge in [0.25, 0.3) is 0 Å². The van der Waals surface area contributed by atoms with E-state index in [0.717, 1.165) is 24.3 Å². The van der Waals surface area contributed by atoms with Crippen molar-refractivity contribution in [2.24, 2.45) is 0 Å². The van der Waals surface area contributed by atoms with Gasteiger partial charge in [0, 0.05) is 12.7 Å². The molecule has 82 valence electrons. The lowest BCUT2D eigenvalue weighted by Crippen LogP contribution is -2.16. The predicted molar refractivity (Wildman–Crippen MR) is 70.7 cm³/mol. The molecule has 0 atom stereocenters. The van der Waals surface area contributed by atoms with Crippen LogP contribution in [0.3, 0.4) is 0 Å². The molecular formula is C13H17BN2. The van der Waals surface area contributed by atoms with Gasteiger partial charge >= 0.3 is 0 Å². The van der Waals surface area contributed by atoms with Crippen LogP contribution in [0.25, 0.3) is 5.70 Å². The Balaban J connectivity index is 2.26. The maximum Gasteiger partial charge on any atom is 0.122 e. The van der Waals surface area contributed by atoms with Crippen molar-refractivity contribution in [2.75, 3.05) is 6.54 Å². The molecule has 1 N–H and O–H groups in total. The first-order valence-electron chi connectivity index (χ1n) is 5.87. The van der Waals surface area contributed by atoms with Crippen molar-refractivity contribution in [3.8, 4) is 0 Å². The maximum absolute atomic E-state index is 4.42. The van der Waals surface area contributed by atoms with Crippen LogP contribution in [0.15, 0.2) is 36.1 Å². The summed E-state index contributed by atoms with van der Waals surface area (Å²) in [4.78, 5) is 4.42. The van der Waals surface area contributed by atoms with Gasteiger partial charge in [0.1, 0.15) is 7.28 Å². The largest absolute Gasteiger partial charge is 0.380 e. The zero-order valence-electron chi connectivity index (χ0n) is 9.96. The summed E-state index contributed by atoms with van der Waals surface area (Å²) in [7, 11) is 1.18. The van der Waals surface area contributed by atoms with Crippen LogP contribution in [0, 0.1) is 0 Å². The Morgan fingerprint density at radius 1 is 1.50 bits per heavy atom. The molecule has 0 unspecified atom stereocenters. The van der Waals surface area contributed by atoms with Gasteiger partial charge < -0.3 is 5.32 Å². The first kappa shape index (κ1) is 11.0. The molecule has 0 aliphatic carbocycles. The van der Waals surface area contributed by atoms with E-state index >= 15 is 0 Å². The van der Waals surface area contributed by atoms with Gasteiger partial charge in [-0.1, -0.05) is 30.4 Å². The summed E-state index contributed by atoms with van der Waals surface area (Å²) in [5, 5.41) is 3.36. The van der Waals surface area contributed by atoms with Gasteiger partial charge in [0.05, 0.1) is 11.4 Å². The van der Waals surface area contributed by atoms with E-state index in [2.05, 4.69) is 48.3 Å². The van der Waals surface area contributed by atoms with E-state index in [1.165, 1.54) is 18.4 Å². The standard InChI is InChI=1S/C13H17BN2/c1-10-3-5-15-12(7-10)13-8-11(9-14-2)4-6-16-13/h3-4,6-8,14-15H,5,9H2,1-2H3. The molecule has 1 aliphatic rings. The lowest BCUT2D eigenvalue weighted by molar-refractivity contribution is 0.966. The smallest absolute Gasteiger partial charge is 0.122 e. The third-order valence-electron chi connectivity index (χ3n) is 2.73. The van der Waals surface area contributed by atoms with Gasteiger partial charge in [-0.05, 0) is 25.1 Å². The van der Waals surface area contributed by atoms with Crippen molar-refractivity contribution < 1.29 is 0 Å². The fraction of sp³-hybridized carbons (Fsp3) is 0.308. The van der Waals surface area contributed by atoms with Gasteiger partial charge in [-0.15, -0.1) is 0 Å². The molecule has 3 heteroatoms. The third kappa shape index (κ3) is 2.54. The molecule has 0 amide bonds. The Morgan fingerprint density at radius 2 is 2.38 bits per heavy atom. The highest BCUT2D eigenvalue weighted by Gasteiger charge is 2.06. The number of hydrogen-bond acceptors (Lipinski definition) is 2. The van der Waals surface area contributed by atoms with Crippen LogP contribution >= 0.6 is 0 Å². The SMILES string of the molecule is CBCc1ccnc(C2=CC(C)=CCN2)c1. The van der Waals surface area contributed by atoms with E-state index in [1.54, 1.807) is 0 Å². The summed E-state index contributed by atoms with van der Waals surface area (Å²) in [5.41, 5.74) is 4.86. The summed E-state index contributed by atoms with van der Waals surface area (Å²) >= 11 is 0. The third-order valence-corrected chi connectivity index (χ3v) is 2.73. The molecule has 1 aromatic rings. The predicted octanol–water partition coefficient (Wildman–Crippen LogP) is 1.96. The average Bonchev–Trinajstić information content (AvgIpc) is 2.30. The van der Waals surface area contributed by atoms with E-state index in [-0.39, 0.29) is 0 Å². The van der Waals surface area contributed by atoms with Gasteiger partial charge in [-0.3, -0.25) is 4.98 Å². The van der Waals surface area contributed by atoms with Crippen molar-refractivity contribution >= 4 is 13.0 Å². The highest BCUT2D eigenvalue weighted by atomic mass is 14.9. The Kier molecular flexibility index (Phi) is 3.45. The molecule has 0 aromatic carbocycles. The lowest BCUT2D eigenvalue weighted by Gasteiger charge is -2.14. The molecule has 0 radical (unpaired) electrons. The molecule has 0 saturated heterocycles. The average molecular weight is 212 g/mol. The first-order valence-corrected chi connectivity index (χ1v) is 5.87. The van der Waals surface area contributed by atoms with Crippen LogP contribution < -0.4 is 5.32 Å². The highest BCUT2D eigenvalue weighted by molar-refractivity contribution is 6.32. The zero-order valence-corrected chi connectivity index (χ0v) is 9.96. The summed E-state index contributed by atoms with van der Waals surface area (Å²) in [6.45, 7) is 5.22. The van der Waals surface area contributed by atoms with Crippen LogP contribution in [0.5, 0.6) is 0 Å². The van der Waals surface area contributed by atoms with E-state index in [4.69, 9.17) is 0 Å². The second kappa shape index (κ2) is 5.02. The fourth-order valence-electron chi connectivity index (χ4n) is 1.89. The number of nitrogens with zero attached hydrogens (tertiary/aromatic N) is 1. The van der Waals surface area contributed by atoms with Crippen LogP contribution in [0.1, 0.15) is 18.2 Å². The van der Waals surface area contributed by atoms with E-state index in [0.29, 0.717) is 0 Å². The highest BCUT2D eigenvalue weighted by Crippen LogP contribution is 2.15. The molecule has 0 fully saturated rings. The molecule has 0 spiro atoms. The van der Waals surface area contributed by atoms with E-state index in [1.807, 2.05) is 6.20 Å². The number of nitrogens with one attached hydrogen (secondary N) is 1. The van der Waals surface area contributed by atoms with Crippen molar-refractivity contribution in [3.05, 3.63) is 47.3 Å². The minimum atomic E-state index is 0.900. The van der Waals surface area contributed by atoms with Crippen LogP contribution in [0.4, 0.5) is 0 Å². The van der Waals surface area contributed by atoms with Crippen molar-refractivity contribution in [2.45, 2.75) is 20.1 Å². The number of dihydropyridines is 1. The Bertz CT molecular complexity index is 435. The second-order valence-corrected chi connectivity index (χ2v) is 4.19. The molecule has 16 heavy (non-hydrogen) atoms. The summed E-state index contributed by atoms with van der Waals surface area (Å²) in [6, 6.07) is 4.28. The lowest BCUT2D eigenvalue weighted by atomic mass is 9.75. The molecule has 1 aliphatic heterocycles. The molecule has 0 bridgehead atoms. The molecule has 2 rings (SSSR count). The molecule has 2 heterocycles. The minimum absolute atomic E-state index is 0.900. The van der Waals surface area contributed by atoms with Gasteiger partial charge in [0.2, 0.25) is 0 Å². The zero-order chi connectivity index (χ0) is 11.4. The topological polar surface area (TPSA) is 24.9 Å². The molecule has 1 aromatic heterocycles. The van der Waals surface area contributed by atoms with Gasteiger partial charge in [-0.2, -0.15) is 0 Å². The normalized spacial score (nSPS) is 14.9. The number of rotatable bonds is 3. The number of hydrogen-bond donors (Lipinski definition) is 1. The summed E-state index contributed by atoms with van der Waals surface area (Å²) in [5.74, 6) is 0. The number of aromatic nitrogens is 1. The quantitative estimate of drug-likeness (QED) is 0.774. The van der Waals surface area contributed by atoms with Crippen LogP contribution in [-0.2, 0) is 6.32 Å².